The van der Waals surface area contributed by atoms with Crippen LogP contribution in [0, 0.1) is 0 Å². The predicted octanol–water partition coefficient (Wildman–Crippen LogP) is 2.52. The van der Waals surface area contributed by atoms with Gasteiger partial charge in [-0.15, -0.1) is 11.6 Å². The lowest BCUT2D eigenvalue weighted by molar-refractivity contribution is -0.116. The second-order valence-corrected chi connectivity index (χ2v) is 9.36. The van der Waals surface area contributed by atoms with Gasteiger partial charge in [0.05, 0.1) is 5.25 Å². The van der Waals surface area contributed by atoms with Crippen LogP contribution in [0.4, 0.5) is 11.4 Å². The molecule has 1 aromatic rings. The molecule has 0 radical (unpaired) electrons. The third kappa shape index (κ3) is 8.34. The number of halogens is 1. The van der Waals surface area contributed by atoms with Crippen LogP contribution in [-0.4, -0.2) is 51.6 Å². The summed E-state index contributed by atoms with van der Waals surface area (Å²) in [7, 11) is -3.22. The van der Waals surface area contributed by atoms with E-state index in [-0.39, 0.29) is 11.9 Å². The van der Waals surface area contributed by atoms with Gasteiger partial charge in [-0.25, -0.2) is 13.1 Å². The van der Waals surface area contributed by atoms with E-state index < -0.39 is 15.3 Å². The van der Waals surface area contributed by atoms with Gasteiger partial charge in [0, 0.05) is 49.9 Å². The molecule has 28 heavy (non-hydrogen) atoms. The Morgan fingerprint density at radius 1 is 1.25 bits per heavy atom. The molecule has 7 nitrogen and oxygen atoms in total. The molecule has 0 aromatic heterocycles. The van der Waals surface area contributed by atoms with Crippen molar-refractivity contribution < 1.29 is 13.2 Å². The Kier molecular flexibility index (Phi) is 10.8. The third-order valence-electron chi connectivity index (χ3n) is 4.50. The van der Waals surface area contributed by atoms with Crippen LogP contribution in [0.1, 0.15) is 39.5 Å². The fourth-order valence-electron chi connectivity index (χ4n) is 2.79. The van der Waals surface area contributed by atoms with Gasteiger partial charge in [-0.05, 0) is 57.4 Å². The highest BCUT2D eigenvalue weighted by atomic mass is 35.5. The summed E-state index contributed by atoms with van der Waals surface area (Å²) in [5, 5.41) is 2.43. The molecular weight excluding hydrogens is 400 g/mol. The second-order valence-electron chi connectivity index (χ2n) is 7.04. The lowest BCUT2D eigenvalue weighted by Gasteiger charge is -2.18. The molecule has 1 aliphatic heterocycles. The van der Waals surface area contributed by atoms with Crippen molar-refractivity contribution in [3.05, 3.63) is 24.3 Å². The van der Waals surface area contributed by atoms with Crippen molar-refractivity contribution in [1.82, 2.24) is 4.72 Å². The van der Waals surface area contributed by atoms with Gasteiger partial charge in [0.1, 0.15) is 0 Å². The van der Waals surface area contributed by atoms with E-state index in [1.807, 2.05) is 24.3 Å². The Bertz CT molecular complexity index is 696. The largest absolute Gasteiger partial charge is 0.370 e. The number of nitrogens with one attached hydrogen (secondary N) is 2. The van der Waals surface area contributed by atoms with E-state index in [1.54, 1.807) is 13.8 Å². The standard InChI is InChI=1S/C18H30N4O3S.CH3Cl/c1-14(2)26(24,25)20-11-4-3-5-18(23)21-16-6-8-17(9-7-16)22-12-10-15(19)13-22;1-2/h6-9,14-15,20H,3-5,10-13,19H2,1-2H3,(H,21,23);1H3. The molecule has 160 valence electrons. The van der Waals surface area contributed by atoms with Crippen molar-refractivity contribution >= 4 is 38.9 Å². The molecule has 0 aliphatic carbocycles. The number of alkyl halides is 1. The topological polar surface area (TPSA) is 105 Å². The average Bonchev–Trinajstić information content (AvgIpc) is 3.10. The molecule has 1 aromatic carbocycles. The Morgan fingerprint density at radius 2 is 1.89 bits per heavy atom. The van der Waals surface area contributed by atoms with E-state index in [1.165, 1.54) is 6.38 Å². The van der Waals surface area contributed by atoms with E-state index in [0.717, 1.165) is 30.9 Å². The van der Waals surface area contributed by atoms with Crippen molar-refractivity contribution in [3.8, 4) is 0 Å². The highest BCUT2D eigenvalue weighted by Crippen LogP contribution is 2.22. The molecule has 0 spiro atoms. The minimum absolute atomic E-state index is 0.0624. The molecular formula is C19H33ClN4O3S. The molecule has 1 atom stereocenters. The van der Waals surface area contributed by atoms with E-state index in [4.69, 9.17) is 5.73 Å². The minimum atomic E-state index is -3.22. The lowest BCUT2D eigenvalue weighted by atomic mass is 10.2. The average molecular weight is 433 g/mol. The Hall–Kier alpha value is -1.35. The summed E-state index contributed by atoms with van der Waals surface area (Å²) in [6.45, 7) is 5.47. The first kappa shape index (κ1) is 24.7. The summed E-state index contributed by atoms with van der Waals surface area (Å²) in [4.78, 5) is 14.2. The van der Waals surface area contributed by atoms with Crippen LogP contribution in [0.2, 0.25) is 0 Å². The van der Waals surface area contributed by atoms with E-state index >= 15 is 0 Å². The summed E-state index contributed by atoms with van der Waals surface area (Å²) in [6, 6.07) is 8.02. The molecule has 1 unspecified atom stereocenters. The maximum atomic E-state index is 12.0. The quantitative estimate of drug-likeness (QED) is 0.410. The number of amides is 1. The predicted molar refractivity (Wildman–Crippen MR) is 118 cm³/mol. The molecule has 1 heterocycles. The van der Waals surface area contributed by atoms with E-state index in [9.17, 15) is 13.2 Å². The molecule has 1 amide bonds. The smallest absolute Gasteiger partial charge is 0.224 e. The molecule has 2 rings (SSSR count). The summed E-state index contributed by atoms with van der Waals surface area (Å²) in [5.74, 6) is -0.0624. The van der Waals surface area contributed by atoms with Crippen molar-refractivity contribution in [3.63, 3.8) is 0 Å². The third-order valence-corrected chi connectivity index (χ3v) is 6.34. The Morgan fingerprint density at radius 3 is 2.43 bits per heavy atom. The number of carbonyl (C=O) groups excluding carboxylic acids is 1. The minimum Gasteiger partial charge on any atom is -0.370 e. The molecule has 0 bridgehead atoms. The van der Waals surface area contributed by atoms with Crippen LogP contribution in [-0.2, 0) is 14.8 Å². The van der Waals surface area contributed by atoms with Crippen LogP contribution in [0.15, 0.2) is 24.3 Å². The summed E-state index contributed by atoms with van der Waals surface area (Å²) >= 11 is 4.64. The van der Waals surface area contributed by atoms with Crippen molar-refractivity contribution in [1.29, 1.82) is 0 Å². The lowest BCUT2D eigenvalue weighted by Crippen LogP contribution is -2.31. The summed E-state index contributed by atoms with van der Waals surface area (Å²) in [5.41, 5.74) is 7.81. The Balaban J connectivity index is 0.00000190. The SMILES string of the molecule is CC(C)S(=O)(=O)NCCCCC(=O)Nc1ccc(N2CCC(N)C2)cc1.CCl. The number of carbonyl (C=O) groups is 1. The Labute approximate surface area is 174 Å². The van der Waals surface area contributed by atoms with Gasteiger partial charge in [-0.1, -0.05) is 0 Å². The van der Waals surface area contributed by atoms with Gasteiger partial charge in [0.2, 0.25) is 15.9 Å². The first-order valence-corrected chi connectivity index (χ1v) is 11.8. The zero-order valence-corrected chi connectivity index (χ0v) is 18.5. The summed E-state index contributed by atoms with van der Waals surface area (Å²) < 4.78 is 25.8. The molecule has 1 saturated heterocycles. The molecule has 9 heteroatoms. The molecule has 1 aliphatic rings. The number of nitrogens with two attached hydrogens (primary N) is 1. The number of hydrogen-bond acceptors (Lipinski definition) is 5. The second kappa shape index (κ2) is 12.3. The number of anilines is 2. The zero-order valence-electron chi connectivity index (χ0n) is 16.9. The molecule has 1 fully saturated rings. The van der Waals surface area contributed by atoms with Crippen molar-refractivity contribution in [2.24, 2.45) is 5.73 Å². The van der Waals surface area contributed by atoms with Crippen LogP contribution >= 0.6 is 11.6 Å². The van der Waals surface area contributed by atoms with Crippen LogP contribution < -0.4 is 20.7 Å². The van der Waals surface area contributed by atoms with Crippen LogP contribution in [0.3, 0.4) is 0 Å². The first-order valence-electron chi connectivity index (χ1n) is 9.54. The van der Waals surface area contributed by atoms with Gasteiger partial charge in [0.25, 0.3) is 0 Å². The van der Waals surface area contributed by atoms with Gasteiger partial charge in [-0.2, -0.15) is 0 Å². The van der Waals surface area contributed by atoms with E-state index in [2.05, 4.69) is 26.5 Å². The monoisotopic (exact) mass is 432 g/mol. The number of unbranched alkanes of at least 4 members (excludes halogenated alkanes) is 1. The molecule has 4 N–H and O–H groups in total. The van der Waals surface area contributed by atoms with Gasteiger partial charge in [-0.3, -0.25) is 4.79 Å². The number of rotatable bonds is 9. The fourth-order valence-corrected chi connectivity index (χ4v) is 3.55. The number of sulfonamides is 1. The number of hydrogen-bond donors (Lipinski definition) is 3. The maximum absolute atomic E-state index is 12.0. The molecule has 0 saturated carbocycles. The normalized spacial score (nSPS) is 16.6. The zero-order chi connectivity index (χ0) is 21.2. The van der Waals surface area contributed by atoms with E-state index in [0.29, 0.717) is 25.8 Å². The van der Waals surface area contributed by atoms with Gasteiger partial charge in [0.15, 0.2) is 0 Å². The maximum Gasteiger partial charge on any atom is 0.224 e. The number of benzene rings is 1. The number of nitrogens with zero attached hydrogens (tertiary/aromatic N) is 1. The van der Waals surface area contributed by atoms with Gasteiger partial charge < -0.3 is 16.0 Å². The highest BCUT2D eigenvalue weighted by Gasteiger charge is 2.19. The highest BCUT2D eigenvalue weighted by molar-refractivity contribution is 7.90. The van der Waals surface area contributed by atoms with Crippen molar-refractivity contribution in [2.45, 2.75) is 50.8 Å². The first-order chi connectivity index (χ1) is 13.3. The van der Waals surface area contributed by atoms with Gasteiger partial charge >= 0.3 is 0 Å². The fraction of sp³-hybridized carbons (Fsp3) is 0.632. The van der Waals surface area contributed by atoms with Crippen molar-refractivity contribution in [2.75, 3.05) is 36.2 Å². The summed E-state index contributed by atoms with van der Waals surface area (Å²) in [6.07, 6.45) is 4.11. The van der Waals surface area contributed by atoms with Crippen LogP contribution in [0.25, 0.3) is 0 Å². The van der Waals surface area contributed by atoms with Crippen LogP contribution in [0.5, 0.6) is 0 Å².